The summed E-state index contributed by atoms with van der Waals surface area (Å²) < 4.78 is 66.1. The van der Waals surface area contributed by atoms with Crippen LogP contribution in [0.5, 0.6) is 0 Å². The van der Waals surface area contributed by atoms with Crippen molar-refractivity contribution in [1.82, 2.24) is 0 Å². The highest BCUT2D eigenvalue weighted by Crippen LogP contribution is 2.77. The topological polar surface area (TPSA) is 361 Å². The minimum Gasteiger partial charge on any atom is -0.453 e. The van der Waals surface area contributed by atoms with Crippen LogP contribution in [-0.4, -0.2) is 246 Å². The van der Waals surface area contributed by atoms with E-state index in [9.17, 15) is 66.1 Å². The summed E-state index contributed by atoms with van der Waals surface area (Å²) in [6, 6.07) is 0. The van der Waals surface area contributed by atoms with Crippen LogP contribution < -0.4 is 0 Å². The highest BCUT2D eigenvalue weighted by atomic mass is 16.8. The fourth-order valence-corrected chi connectivity index (χ4v) is 16.7. The number of hydrogen-bond acceptors (Lipinski definition) is 24. The molecule has 9 fully saturated rings. The van der Waals surface area contributed by atoms with E-state index in [0.29, 0.717) is 38.5 Å². The summed E-state index contributed by atoms with van der Waals surface area (Å²) in [5.74, 6) is -0.775. The van der Waals surface area contributed by atoms with E-state index in [4.69, 9.17) is 52.1 Å². The van der Waals surface area contributed by atoms with Crippen molar-refractivity contribution in [3.05, 3.63) is 11.6 Å². The zero-order valence-electron chi connectivity index (χ0n) is 46.0. The van der Waals surface area contributed by atoms with Crippen LogP contribution in [0.1, 0.15) is 107 Å². The van der Waals surface area contributed by atoms with E-state index in [0.717, 1.165) is 12.0 Å². The number of methoxy groups -OCH3 is 1. The van der Waals surface area contributed by atoms with E-state index in [1.165, 1.54) is 14.0 Å². The second kappa shape index (κ2) is 20.8. The van der Waals surface area contributed by atoms with Gasteiger partial charge in [-0.15, -0.1) is 0 Å². The third-order valence-corrected chi connectivity index (χ3v) is 21.1. The quantitative estimate of drug-likeness (QED) is 0.0566. The summed E-state index contributed by atoms with van der Waals surface area (Å²) in [5, 5.41) is 135. The lowest BCUT2D eigenvalue weighted by Crippen LogP contribution is -2.69. The highest BCUT2D eigenvalue weighted by molar-refractivity contribution is 5.86. The molecule has 0 radical (unpaired) electrons. The number of allylic oxidation sites excluding steroid dienone is 1. The van der Waals surface area contributed by atoms with Crippen LogP contribution in [0.2, 0.25) is 0 Å². The minimum absolute atomic E-state index is 0.0338. The Morgan fingerprint density at radius 2 is 1.23 bits per heavy atom. The second-order valence-corrected chi connectivity index (χ2v) is 26.0. The van der Waals surface area contributed by atoms with Crippen LogP contribution in [0.15, 0.2) is 11.6 Å². The van der Waals surface area contributed by atoms with Gasteiger partial charge in [-0.2, -0.15) is 0 Å². The average molecular weight is 1120 g/mol. The number of hydrogen-bond donors (Lipinski definition) is 12. The Morgan fingerprint density at radius 3 is 1.85 bits per heavy atom. The summed E-state index contributed by atoms with van der Waals surface area (Å²) in [7, 11) is 1.20. The Balaban J connectivity index is 0.823. The van der Waals surface area contributed by atoms with Gasteiger partial charge in [-0.25, -0.2) is 0 Å². The summed E-state index contributed by atoms with van der Waals surface area (Å²) in [6.45, 7) is 13.8. The Bertz CT molecular complexity index is 2220. The first kappa shape index (κ1) is 59.5. The molecule has 0 aromatic heterocycles. The standard InChI is InChI=1S/C54H86O24/c1-22-39(74-45-38(65)41(34(61)27(20-56)72-45)75-44-37(64)40(68-9)33(60)26(19-55)71-44)35(62)36(63)43(70-22)76-42-32(59)25(57)21-69-46(42)73-30-13-15-50(6)24-18-29(58)54-47(66)78-52(8,31-12-14-48(2,3)77-31)53(54,67)17-16-51(54,7)23(24)10-11-28(50)49(30,4)5/h18,22-23,25-46,55-65,67H,10-17,19-21H2,1-9H3/t22-,23-,25-,26-,27-,28+,29+,30+,31?,32+,33-,34-,35-,36-,37-,38-,39-,40+,41+,42-,43+,44+,45+,46+,50-,51+,52+,53+,54-/m1/s1. The van der Waals surface area contributed by atoms with E-state index < -0.39 is 193 Å². The molecule has 24 heteroatoms. The third kappa shape index (κ3) is 8.70. The van der Waals surface area contributed by atoms with Gasteiger partial charge < -0.3 is 113 Å². The summed E-state index contributed by atoms with van der Waals surface area (Å²) in [4.78, 5) is 14.6. The number of aliphatic hydroxyl groups is 12. The van der Waals surface area contributed by atoms with Crippen LogP contribution in [-0.2, 0) is 56.9 Å². The number of esters is 1. The summed E-state index contributed by atoms with van der Waals surface area (Å²) in [5.41, 5.74) is -6.01. The molecule has 6 aliphatic heterocycles. The minimum atomic E-state index is -1.92. The third-order valence-electron chi connectivity index (χ3n) is 21.1. The molecule has 1 spiro atoms. The number of carbonyl (C=O) groups is 1. The molecule has 4 aliphatic carbocycles. The molecule has 10 rings (SSSR count). The Kier molecular flexibility index (Phi) is 15.9. The molecule has 0 bridgehead atoms. The van der Waals surface area contributed by atoms with Crippen molar-refractivity contribution in [2.45, 2.75) is 259 Å². The maximum absolute atomic E-state index is 14.6. The van der Waals surface area contributed by atoms with E-state index in [2.05, 4.69) is 20.8 Å². The smallest absolute Gasteiger partial charge is 0.319 e. The van der Waals surface area contributed by atoms with Crippen molar-refractivity contribution in [2.24, 2.45) is 33.5 Å². The van der Waals surface area contributed by atoms with Crippen LogP contribution >= 0.6 is 0 Å². The van der Waals surface area contributed by atoms with Crippen molar-refractivity contribution in [3.63, 3.8) is 0 Å². The average Bonchev–Trinajstić information content (AvgIpc) is 2.05. The van der Waals surface area contributed by atoms with Crippen LogP contribution in [0.3, 0.4) is 0 Å². The molecule has 3 saturated carbocycles. The molecule has 29 atom stereocenters. The highest BCUT2D eigenvalue weighted by Gasteiger charge is 2.87. The van der Waals surface area contributed by atoms with Crippen molar-refractivity contribution in [1.29, 1.82) is 0 Å². The molecule has 78 heavy (non-hydrogen) atoms. The first-order valence-electron chi connectivity index (χ1n) is 27.9. The maximum Gasteiger partial charge on any atom is 0.319 e. The first-order chi connectivity index (χ1) is 36.5. The maximum atomic E-state index is 14.6. The Hall–Kier alpha value is -1.67. The van der Waals surface area contributed by atoms with Gasteiger partial charge in [-0.3, -0.25) is 4.79 Å². The van der Waals surface area contributed by atoms with Crippen molar-refractivity contribution >= 4 is 5.97 Å². The number of carbonyl (C=O) groups excluding carboxylic acids is 1. The molecule has 0 amide bonds. The Morgan fingerprint density at radius 1 is 0.628 bits per heavy atom. The number of cyclic esters (lactones) is 1. The molecule has 10 aliphatic rings. The largest absolute Gasteiger partial charge is 0.453 e. The van der Waals surface area contributed by atoms with Crippen molar-refractivity contribution in [2.75, 3.05) is 26.9 Å². The molecule has 6 heterocycles. The number of fused-ring (bicyclic) bond motifs is 4. The SMILES string of the molecule is CO[C@@H]1[C@@H](O)[C@H](O[C@@H]2[C@@H](O)[C@H](O[C@H]3[C@H](O)[C@@H](O)[C@H](O[C@H]4[C@H](O[C@H]5CC[C@]6(C)C7=C[C@H](O)[C@]89C(=O)O[C@@](C)(C%10CCC(C)(C)O%10)[C@@]8(O)CC[C@@]9(C)[C@@H]7CC[C@H]6C5(C)C)OC[C@@H](O)[C@@H]4O)O[C@@H]3C)O[C@H](CO)[C@H]2O)O[C@H](CO)[C@H]1O. The van der Waals surface area contributed by atoms with Gasteiger partial charge in [0.2, 0.25) is 0 Å². The zero-order chi connectivity index (χ0) is 56.8. The van der Waals surface area contributed by atoms with Gasteiger partial charge in [0.05, 0.1) is 43.7 Å². The first-order valence-corrected chi connectivity index (χ1v) is 27.9. The fourth-order valence-electron chi connectivity index (χ4n) is 16.7. The summed E-state index contributed by atoms with van der Waals surface area (Å²) >= 11 is 0. The van der Waals surface area contributed by atoms with Gasteiger partial charge in [0, 0.05) is 7.11 Å². The second-order valence-electron chi connectivity index (χ2n) is 26.0. The number of ether oxygens (including phenoxy) is 11. The van der Waals surface area contributed by atoms with Gasteiger partial charge in [-0.1, -0.05) is 39.3 Å². The van der Waals surface area contributed by atoms with Gasteiger partial charge in [-0.05, 0) is 107 Å². The van der Waals surface area contributed by atoms with E-state index in [1.54, 1.807) is 6.92 Å². The molecular formula is C54H86O24. The monoisotopic (exact) mass is 1120 g/mol. The van der Waals surface area contributed by atoms with Gasteiger partial charge in [0.15, 0.2) is 30.8 Å². The molecule has 0 aromatic rings. The normalized spacial score (nSPS) is 55.6. The van der Waals surface area contributed by atoms with Crippen LogP contribution in [0, 0.1) is 33.5 Å². The van der Waals surface area contributed by atoms with E-state index >= 15 is 0 Å². The molecule has 446 valence electrons. The summed E-state index contributed by atoms with van der Waals surface area (Å²) in [6.07, 6.45) is -26.0. The van der Waals surface area contributed by atoms with Crippen molar-refractivity contribution < 1.29 is 118 Å². The lowest BCUT2D eigenvalue weighted by Gasteiger charge is -2.64. The van der Waals surface area contributed by atoms with Crippen LogP contribution in [0.4, 0.5) is 0 Å². The van der Waals surface area contributed by atoms with Crippen molar-refractivity contribution in [3.8, 4) is 0 Å². The molecule has 24 nitrogen and oxygen atoms in total. The van der Waals surface area contributed by atoms with Gasteiger partial charge in [0.1, 0.15) is 103 Å². The van der Waals surface area contributed by atoms with E-state index in [1.807, 2.05) is 26.8 Å². The zero-order valence-corrected chi connectivity index (χ0v) is 46.0. The molecule has 12 N–H and O–H groups in total. The predicted octanol–water partition coefficient (Wildman–Crippen LogP) is -2.09. The molecule has 6 saturated heterocycles. The van der Waals surface area contributed by atoms with E-state index in [-0.39, 0.29) is 24.9 Å². The Labute approximate surface area is 453 Å². The number of rotatable bonds is 12. The van der Waals surface area contributed by atoms with Crippen LogP contribution in [0.25, 0.3) is 0 Å². The lowest BCUT2D eigenvalue weighted by molar-refractivity contribution is -0.389. The lowest BCUT2D eigenvalue weighted by atomic mass is 9.40. The predicted molar refractivity (Wildman–Crippen MR) is 263 cm³/mol. The molecule has 1 unspecified atom stereocenters. The fraction of sp³-hybridized carbons (Fsp3) is 0.944. The molecule has 0 aromatic carbocycles. The number of aliphatic hydroxyl groups excluding tert-OH is 11. The van der Waals surface area contributed by atoms with Gasteiger partial charge >= 0.3 is 5.97 Å². The van der Waals surface area contributed by atoms with Gasteiger partial charge in [0.25, 0.3) is 0 Å². The molecular weight excluding hydrogens is 1030 g/mol.